The quantitative estimate of drug-likeness (QED) is 0.543. The molecule has 4 heteroatoms. The molecule has 3 nitrogen and oxygen atoms in total. The van der Waals surface area contributed by atoms with Gasteiger partial charge in [0.25, 0.3) is 0 Å². The number of thiocarbonyl (C=S) groups is 1. The molecule has 1 rings (SSSR count). The second-order valence-corrected chi connectivity index (χ2v) is 4.01. The number of hydrogen-bond acceptors (Lipinski definition) is 2. The van der Waals surface area contributed by atoms with Crippen molar-refractivity contribution in [1.82, 2.24) is 10.9 Å². The van der Waals surface area contributed by atoms with Crippen LogP contribution in [-0.4, -0.2) is 11.2 Å². The standard InChI is InChI=1S/C12H19N3S/c1-3-10(4-2)14-15-12(16)13-11-8-6-5-7-9-11/h5-10,14H,3-4H2,1-2H3,(H2,13,15,16). The van der Waals surface area contributed by atoms with Gasteiger partial charge in [0.1, 0.15) is 0 Å². The predicted octanol–water partition coefficient (Wildman–Crippen LogP) is 2.67. The number of hydrazine groups is 1. The van der Waals surface area contributed by atoms with Crippen LogP contribution in [0.25, 0.3) is 0 Å². The van der Waals surface area contributed by atoms with E-state index in [1.54, 1.807) is 0 Å². The Morgan fingerprint density at radius 1 is 1.19 bits per heavy atom. The highest BCUT2D eigenvalue weighted by Crippen LogP contribution is 2.04. The van der Waals surface area contributed by atoms with Crippen molar-refractivity contribution in [3.63, 3.8) is 0 Å². The summed E-state index contributed by atoms with van der Waals surface area (Å²) in [6.45, 7) is 4.30. The fourth-order valence-electron chi connectivity index (χ4n) is 1.34. The first-order chi connectivity index (χ1) is 7.76. The van der Waals surface area contributed by atoms with E-state index in [0.717, 1.165) is 18.5 Å². The predicted molar refractivity (Wildman–Crippen MR) is 73.3 cm³/mol. The fraction of sp³-hybridized carbons (Fsp3) is 0.417. The second kappa shape index (κ2) is 7.19. The van der Waals surface area contributed by atoms with Gasteiger partial charge in [0.2, 0.25) is 0 Å². The minimum Gasteiger partial charge on any atom is -0.332 e. The van der Waals surface area contributed by atoms with Crippen molar-refractivity contribution in [2.45, 2.75) is 32.7 Å². The van der Waals surface area contributed by atoms with Gasteiger partial charge in [-0.2, -0.15) is 0 Å². The summed E-state index contributed by atoms with van der Waals surface area (Å²) in [6, 6.07) is 10.3. The molecule has 0 bridgehead atoms. The highest BCUT2D eigenvalue weighted by atomic mass is 32.1. The number of hydrogen-bond donors (Lipinski definition) is 3. The summed E-state index contributed by atoms with van der Waals surface area (Å²) in [5.74, 6) is 0. The van der Waals surface area contributed by atoms with E-state index in [1.165, 1.54) is 0 Å². The molecular formula is C12H19N3S. The van der Waals surface area contributed by atoms with Crippen LogP contribution >= 0.6 is 12.2 Å². The van der Waals surface area contributed by atoms with Gasteiger partial charge in [-0.1, -0.05) is 32.0 Å². The molecule has 0 amide bonds. The zero-order valence-electron chi connectivity index (χ0n) is 9.79. The summed E-state index contributed by atoms with van der Waals surface area (Å²) in [6.07, 6.45) is 2.16. The number of para-hydroxylation sites is 1. The highest BCUT2D eigenvalue weighted by Gasteiger charge is 2.02. The Morgan fingerprint density at radius 3 is 2.38 bits per heavy atom. The number of rotatable bonds is 5. The maximum absolute atomic E-state index is 5.17. The number of anilines is 1. The Labute approximate surface area is 103 Å². The van der Waals surface area contributed by atoms with Crippen LogP contribution in [0.4, 0.5) is 5.69 Å². The molecule has 88 valence electrons. The van der Waals surface area contributed by atoms with Gasteiger partial charge in [-0.25, -0.2) is 5.43 Å². The lowest BCUT2D eigenvalue weighted by molar-refractivity contribution is 0.465. The zero-order chi connectivity index (χ0) is 11.8. The average molecular weight is 237 g/mol. The van der Waals surface area contributed by atoms with Crippen LogP contribution < -0.4 is 16.2 Å². The second-order valence-electron chi connectivity index (χ2n) is 3.60. The monoisotopic (exact) mass is 237 g/mol. The molecule has 0 aromatic heterocycles. The fourth-order valence-corrected chi connectivity index (χ4v) is 1.52. The normalized spacial score (nSPS) is 10.2. The molecule has 1 aromatic carbocycles. The number of nitrogens with one attached hydrogen (secondary N) is 3. The molecule has 16 heavy (non-hydrogen) atoms. The minimum atomic E-state index is 0.454. The third kappa shape index (κ3) is 4.59. The van der Waals surface area contributed by atoms with E-state index in [0.29, 0.717) is 11.2 Å². The lowest BCUT2D eigenvalue weighted by Crippen LogP contribution is -2.45. The molecule has 3 N–H and O–H groups in total. The molecule has 0 saturated carbocycles. The first-order valence-electron chi connectivity index (χ1n) is 5.63. The van der Waals surface area contributed by atoms with Gasteiger partial charge < -0.3 is 5.32 Å². The lowest BCUT2D eigenvalue weighted by atomic mass is 10.2. The summed E-state index contributed by atoms with van der Waals surface area (Å²) in [7, 11) is 0. The van der Waals surface area contributed by atoms with Crippen molar-refractivity contribution < 1.29 is 0 Å². The van der Waals surface area contributed by atoms with Gasteiger partial charge in [0.05, 0.1) is 0 Å². The summed E-state index contributed by atoms with van der Waals surface area (Å²) in [5, 5.41) is 3.70. The SMILES string of the molecule is CCC(CC)NNC(=S)Nc1ccccc1. The van der Waals surface area contributed by atoms with Crippen molar-refractivity contribution in [1.29, 1.82) is 0 Å². The molecule has 0 spiro atoms. The number of benzene rings is 1. The van der Waals surface area contributed by atoms with Crippen LogP contribution in [0.2, 0.25) is 0 Å². The Morgan fingerprint density at radius 2 is 1.81 bits per heavy atom. The highest BCUT2D eigenvalue weighted by molar-refractivity contribution is 7.80. The van der Waals surface area contributed by atoms with Crippen molar-refractivity contribution in [3.05, 3.63) is 30.3 Å². The Hall–Kier alpha value is -1.13. The molecule has 0 unspecified atom stereocenters. The summed E-state index contributed by atoms with van der Waals surface area (Å²) in [4.78, 5) is 0. The lowest BCUT2D eigenvalue weighted by Gasteiger charge is -2.17. The minimum absolute atomic E-state index is 0.454. The van der Waals surface area contributed by atoms with Gasteiger partial charge in [-0.05, 0) is 37.2 Å². The van der Waals surface area contributed by atoms with Crippen LogP contribution in [0, 0.1) is 0 Å². The smallest absolute Gasteiger partial charge is 0.185 e. The van der Waals surface area contributed by atoms with Gasteiger partial charge in [-0.15, -0.1) is 0 Å². The topological polar surface area (TPSA) is 36.1 Å². The molecule has 0 aliphatic heterocycles. The maximum Gasteiger partial charge on any atom is 0.185 e. The maximum atomic E-state index is 5.17. The van der Waals surface area contributed by atoms with Crippen LogP contribution in [0.15, 0.2) is 30.3 Å². The first-order valence-corrected chi connectivity index (χ1v) is 6.04. The van der Waals surface area contributed by atoms with Crippen LogP contribution in [0.3, 0.4) is 0 Å². The average Bonchev–Trinajstić information content (AvgIpc) is 2.31. The van der Waals surface area contributed by atoms with Gasteiger partial charge in [0.15, 0.2) is 5.11 Å². The largest absolute Gasteiger partial charge is 0.332 e. The van der Waals surface area contributed by atoms with E-state index < -0.39 is 0 Å². The van der Waals surface area contributed by atoms with Crippen LogP contribution in [-0.2, 0) is 0 Å². The molecule has 0 aliphatic rings. The molecule has 0 aliphatic carbocycles. The first kappa shape index (κ1) is 12.9. The van der Waals surface area contributed by atoms with Crippen molar-refractivity contribution in [2.75, 3.05) is 5.32 Å². The Bertz CT molecular complexity index is 309. The Kier molecular flexibility index (Phi) is 5.82. The summed E-state index contributed by atoms with van der Waals surface area (Å²) in [5.41, 5.74) is 7.18. The summed E-state index contributed by atoms with van der Waals surface area (Å²) < 4.78 is 0. The van der Waals surface area contributed by atoms with Gasteiger partial charge in [0, 0.05) is 11.7 Å². The molecule has 1 aromatic rings. The van der Waals surface area contributed by atoms with Crippen molar-refractivity contribution >= 4 is 23.0 Å². The summed E-state index contributed by atoms with van der Waals surface area (Å²) >= 11 is 5.17. The van der Waals surface area contributed by atoms with Gasteiger partial charge in [-0.3, -0.25) is 5.43 Å². The molecule has 0 heterocycles. The molecular weight excluding hydrogens is 218 g/mol. The van der Waals surface area contributed by atoms with E-state index >= 15 is 0 Å². The van der Waals surface area contributed by atoms with Crippen LogP contribution in [0.1, 0.15) is 26.7 Å². The van der Waals surface area contributed by atoms with Crippen molar-refractivity contribution in [2.24, 2.45) is 0 Å². The Balaban J connectivity index is 2.31. The molecule has 0 atom stereocenters. The van der Waals surface area contributed by atoms with E-state index in [9.17, 15) is 0 Å². The zero-order valence-corrected chi connectivity index (χ0v) is 10.6. The molecule has 0 saturated heterocycles. The van der Waals surface area contributed by atoms with E-state index in [1.807, 2.05) is 30.3 Å². The molecule has 0 radical (unpaired) electrons. The van der Waals surface area contributed by atoms with E-state index in [2.05, 4.69) is 30.0 Å². The third-order valence-electron chi connectivity index (χ3n) is 2.41. The van der Waals surface area contributed by atoms with Crippen molar-refractivity contribution in [3.8, 4) is 0 Å². The van der Waals surface area contributed by atoms with E-state index in [4.69, 9.17) is 12.2 Å². The van der Waals surface area contributed by atoms with Gasteiger partial charge >= 0.3 is 0 Å². The van der Waals surface area contributed by atoms with Crippen LogP contribution in [0.5, 0.6) is 0 Å². The third-order valence-corrected chi connectivity index (χ3v) is 2.61. The molecule has 0 fully saturated rings. The van der Waals surface area contributed by atoms with E-state index in [-0.39, 0.29) is 0 Å².